The summed E-state index contributed by atoms with van der Waals surface area (Å²) in [5.41, 5.74) is 0.597. The van der Waals surface area contributed by atoms with Gasteiger partial charge in [-0.1, -0.05) is 0 Å². The van der Waals surface area contributed by atoms with E-state index < -0.39 is 0 Å². The maximum atomic E-state index is 11.5. The Morgan fingerprint density at radius 1 is 1.35 bits per heavy atom. The van der Waals surface area contributed by atoms with Gasteiger partial charge in [0, 0.05) is 17.9 Å². The van der Waals surface area contributed by atoms with Crippen LogP contribution in [0.3, 0.4) is 0 Å². The minimum Gasteiger partial charge on any atom is -0.493 e. The van der Waals surface area contributed by atoms with Crippen LogP contribution in [-0.4, -0.2) is 25.3 Å². The number of ketones is 2. The molecule has 20 heavy (non-hydrogen) atoms. The van der Waals surface area contributed by atoms with E-state index in [0.717, 1.165) is 19.3 Å². The van der Waals surface area contributed by atoms with Crippen molar-refractivity contribution in [2.45, 2.75) is 32.6 Å². The first-order chi connectivity index (χ1) is 9.61. The lowest BCUT2D eigenvalue weighted by atomic mass is 10.0. The van der Waals surface area contributed by atoms with E-state index in [0.29, 0.717) is 35.9 Å². The molecular weight excluding hydrogens is 256 g/mol. The molecule has 1 fully saturated rings. The van der Waals surface area contributed by atoms with E-state index in [4.69, 9.17) is 9.47 Å². The van der Waals surface area contributed by atoms with Crippen molar-refractivity contribution in [2.24, 2.45) is 5.92 Å². The third-order valence-electron chi connectivity index (χ3n) is 3.73. The second kappa shape index (κ2) is 6.55. The van der Waals surface area contributed by atoms with Crippen LogP contribution in [0.15, 0.2) is 18.2 Å². The van der Waals surface area contributed by atoms with Crippen molar-refractivity contribution < 1.29 is 19.1 Å². The van der Waals surface area contributed by atoms with Gasteiger partial charge in [0.1, 0.15) is 5.78 Å². The van der Waals surface area contributed by atoms with Crippen molar-refractivity contribution in [2.75, 3.05) is 13.7 Å². The molecule has 1 saturated carbocycles. The topological polar surface area (TPSA) is 52.6 Å². The van der Waals surface area contributed by atoms with Crippen molar-refractivity contribution in [3.05, 3.63) is 23.8 Å². The average Bonchev–Trinajstić information content (AvgIpc) is 2.84. The van der Waals surface area contributed by atoms with Gasteiger partial charge >= 0.3 is 0 Å². The summed E-state index contributed by atoms with van der Waals surface area (Å²) in [5.74, 6) is 1.66. The summed E-state index contributed by atoms with van der Waals surface area (Å²) < 4.78 is 10.9. The monoisotopic (exact) mass is 276 g/mol. The number of ether oxygens (including phenoxy) is 2. The summed E-state index contributed by atoms with van der Waals surface area (Å²) >= 11 is 0. The van der Waals surface area contributed by atoms with Gasteiger partial charge in [-0.25, -0.2) is 0 Å². The van der Waals surface area contributed by atoms with E-state index in [1.807, 2.05) is 0 Å². The Labute approximate surface area is 119 Å². The molecular formula is C16H20O4. The van der Waals surface area contributed by atoms with Gasteiger partial charge in [0.15, 0.2) is 17.3 Å². The third-order valence-corrected chi connectivity index (χ3v) is 3.73. The SMILES string of the molecule is COc1cc(C(C)=O)ccc1OCCC1CCCC1=O. The number of hydrogen-bond acceptors (Lipinski definition) is 4. The summed E-state index contributed by atoms with van der Waals surface area (Å²) in [6.45, 7) is 2.01. The molecule has 1 aromatic carbocycles. The van der Waals surface area contributed by atoms with Crippen LogP contribution >= 0.6 is 0 Å². The normalized spacial score (nSPS) is 18.1. The lowest BCUT2D eigenvalue weighted by Crippen LogP contribution is -2.11. The van der Waals surface area contributed by atoms with E-state index in [-0.39, 0.29) is 11.7 Å². The summed E-state index contributed by atoms with van der Waals surface area (Å²) in [4.78, 5) is 22.9. The molecule has 0 saturated heterocycles. The molecule has 1 atom stereocenters. The number of rotatable bonds is 6. The molecule has 0 bridgehead atoms. The minimum atomic E-state index is -0.00796. The number of carbonyl (C=O) groups excluding carboxylic acids is 2. The van der Waals surface area contributed by atoms with Gasteiger partial charge in [-0.05, 0) is 44.4 Å². The molecule has 1 aliphatic carbocycles. The molecule has 0 radical (unpaired) electrons. The van der Waals surface area contributed by atoms with E-state index in [1.165, 1.54) is 6.92 Å². The molecule has 1 aromatic rings. The largest absolute Gasteiger partial charge is 0.493 e. The zero-order chi connectivity index (χ0) is 14.5. The molecule has 2 rings (SSSR count). The molecule has 0 N–H and O–H groups in total. The molecule has 108 valence electrons. The van der Waals surface area contributed by atoms with Gasteiger partial charge in [0.05, 0.1) is 13.7 Å². The Bertz CT molecular complexity index is 507. The highest BCUT2D eigenvalue weighted by atomic mass is 16.5. The number of benzene rings is 1. The minimum absolute atomic E-state index is 0.00796. The fourth-order valence-electron chi connectivity index (χ4n) is 2.51. The van der Waals surface area contributed by atoms with Crippen molar-refractivity contribution in [1.82, 2.24) is 0 Å². The Hall–Kier alpha value is -1.84. The van der Waals surface area contributed by atoms with Gasteiger partial charge in [0.2, 0.25) is 0 Å². The average molecular weight is 276 g/mol. The molecule has 0 amide bonds. The highest BCUT2D eigenvalue weighted by molar-refractivity contribution is 5.94. The molecule has 0 spiro atoms. The van der Waals surface area contributed by atoms with Crippen LogP contribution in [0.2, 0.25) is 0 Å². The van der Waals surface area contributed by atoms with Gasteiger partial charge in [0.25, 0.3) is 0 Å². The Morgan fingerprint density at radius 3 is 2.75 bits per heavy atom. The number of carbonyl (C=O) groups is 2. The number of hydrogen-bond donors (Lipinski definition) is 0. The quantitative estimate of drug-likeness (QED) is 0.749. The molecule has 0 aliphatic heterocycles. The summed E-state index contributed by atoms with van der Waals surface area (Å²) in [6, 6.07) is 5.14. The second-order valence-corrected chi connectivity index (χ2v) is 5.11. The Kier molecular flexibility index (Phi) is 4.77. The van der Waals surface area contributed by atoms with Crippen LogP contribution in [0.4, 0.5) is 0 Å². The summed E-state index contributed by atoms with van der Waals surface area (Å²) in [7, 11) is 1.55. The van der Waals surface area contributed by atoms with Crippen LogP contribution in [0.25, 0.3) is 0 Å². The first-order valence-electron chi connectivity index (χ1n) is 6.96. The maximum Gasteiger partial charge on any atom is 0.161 e. The van der Waals surface area contributed by atoms with E-state index in [1.54, 1.807) is 25.3 Å². The van der Waals surface area contributed by atoms with E-state index in [2.05, 4.69) is 0 Å². The standard InChI is InChI=1S/C16H20O4/c1-11(17)13-6-7-15(16(10-13)19-2)20-9-8-12-4-3-5-14(12)18/h6-7,10,12H,3-5,8-9H2,1-2H3. The molecule has 1 unspecified atom stereocenters. The fourth-order valence-corrected chi connectivity index (χ4v) is 2.51. The van der Waals surface area contributed by atoms with Crippen LogP contribution in [0.5, 0.6) is 11.5 Å². The molecule has 0 aromatic heterocycles. The fraction of sp³-hybridized carbons (Fsp3) is 0.500. The summed E-state index contributed by atoms with van der Waals surface area (Å²) in [5, 5.41) is 0. The van der Waals surface area contributed by atoms with Crippen molar-refractivity contribution in [3.8, 4) is 11.5 Å². The zero-order valence-electron chi connectivity index (χ0n) is 12.0. The first kappa shape index (κ1) is 14.6. The van der Waals surface area contributed by atoms with Crippen molar-refractivity contribution >= 4 is 11.6 Å². The van der Waals surface area contributed by atoms with E-state index in [9.17, 15) is 9.59 Å². The highest BCUT2D eigenvalue weighted by Crippen LogP contribution is 2.29. The predicted octanol–water partition coefficient (Wildman–Crippen LogP) is 3.04. The zero-order valence-corrected chi connectivity index (χ0v) is 12.0. The Morgan fingerprint density at radius 2 is 2.15 bits per heavy atom. The van der Waals surface area contributed by atoms with Crippen LogP contribution < -0.4 is 9.47 Å². The first-order valence-corrected chi connectivity index (χ1v) is 6.96. The predicted molar refractivity (Wildman–Crippen MR) is 75.5 cm³/mol. The van der Waals surface area contributed by atoms with Crippen LogP contribution in [0, 0.1) is 5.92 Å². The van der Waals surface area contributed by atoms with E-state index >= 15 is 0 Å². The van der Waals surface area contributed by atoms with Crippen LogP contribution in [0.1, 0.15) is 43.0 Å². The maximum absolute atomic E-state index is 11.5. The van der Waals surface area contributed by atoms with Gasteiger partial charge in [-0.15, -0.1) is 0 Å². The number of Topliss-reactive ketones (excluding diaryl/α,β-unsaturated/α-hetero) is 2. The number of methoxy groups -OCH3 is 1. The highest BCUT2D eigenvalue weighted by Gasteiger charge is 2.24. The molecule has 4 heteroatoms. The van der Waals surface area contributed by atoms with Gasteiger partial charge < -0.3 is 9.47 Å². The molecule has 0 heterocycles. The van der Waals surface area contributed by atoms with Crippen molar-refractivity contribution in [1.29, 1.82) is 0 Å². The lowest BCUT2D eigenvalue weighted by molar-refractivity contribution is -0.121. The van der Waals surface area contributed by atoms with Gasteiger partial charge in [-0.3, -0.25) is 9.59 Å². The Balaban J connectivity index is 1.95. The summed E-state index contributed by atoms with van der Waals surface area (Å²) in [6.07, 6.45) is 3.43. The molecule has 4 nitrogen and oxygen atoms in total. The van der Waals surface area contributed by atoms with Gasteiger partial charge in [-0.2, -0.15) is 0 Å². The molecule has 1 aliphatic rings. The smallest absolute Gasteiger partial charge is 0.161 e. The lowest BCUT2D eigenvalue weighted by Gasteiger charge is -2.13. The van der Waals surface area contributed by atoms with Crippen molar-refractivity contribution in [3.63, 3.8) is 0 Å². The second-order valence-electron chi connectivity index (χ2n) is 5.11. The van der Waals surface area contributed by atoms with Crippen LogP contribution in [-0.2, 0) is 4.79 Å². The third kappa shape index (κ3) is 3.38.